The Morgan fingerprint density at radius 3 is 2.82 bits per heavy atom. The lowest BCUT2D eigenvalue weighted by molar-refractivity contribution is 0.0710. The Balaban J connectivity index is 1.82. The number of hydrogen-bond acceptors (Lipinski definition) is 3. The minimum absolute atomic E-state index is 0.00699. The van der Waals surface area contributed by atoms with Crippen molar-refractivity contribution >= 4 is 5.91 Å². The highest BCUT2D eigenvalue weighted by Crippen LogP contribution is 2.26. The van der Waals surface area contributed by atoms with Gasteiger partial charge in [0.1, 0.15) is 0 Å². The predicted octanol–water partition coefficient (Wildman–Crippen LogP) is 1.42. The molecule has 1 amide bonds. The lowest BCUT2D eigenvalue weighted by Crippen LogP contribution is -2.42. The van der Waals surface area contributed by atoms with Crippen LogP contribution in [-0.2, 0) is 6.54 Å². The Morgan fingerprint density at radius 2 is 2.09 bits per heavy atom. The van der Waals surface area contributed by atoms with Gasteiger partial charge in [-0.2, -0.15) is 0 Å². The molecule has 2 aliphatic rings. The quantitative estimate of drug-likeness (QED) is 0.830. The first-order valence-electron chi connectivity index (χ1n) is 8.28. The van der Waals surface area contributed by atoms with E-state index < -0.39 is 0 Å². The summed E-state index contributed by atoms with van der Waals surface area (Å²) in [6.07, 6.45) is 5.34. The van der Waals surface area contributed by atoms with Crippen LogP contribution in [0.4, 0.5) is 0 Å². The van der Waals surface area contributed by atoms with Crippen LogP contribution in [0.25, 0.3) is 0 Å². The van der Waals surface area contributed by atoms with Crippen LogP contribution < -0.4 is 5.56 Å². The molecule has 2 saturated heterocycles. The molecule has 0 aliphatic carbocycles. The molecule has 2 atom stereocenters. The average molecular weight is 303 g/mol. The zero-order valence-electron chi connectivity index (χ0n) is 13.5. The number of amides is 1. The number of nitrogens with zero attached hydrogens (tertiary/aromatic N) is 3. The van der Waals surface area contributed by atoms with Crippen molar-refractivity contribution in [2.24, 2.45) is 5.92 Å². The van der Waals surface area contributed by atoms with E-state index in [-0.39, 0.29) is 11.5 Å². The Morgan fingerprint density at radius 1 is 1.27 bits per heavy atom. The van der Waals surface area contributed by atoms with Crippen LogP contribution in [0.15, 0.2) is 23.1 Å². The van der Waals surface area contributed by atoms with Gasteiger partial charge in [0.25, 0.3) is 11.5 Å². The summed E-state index contributed by atoms with van der Waals surface area (Å²) in [7, 11) is 2.17. The first kappa shape index (κ1) is 15.3. The second-order valence-electron chi connectivity index (χ2n) is 6.64. The van der Waals surface area contributed by atoms with Gasteiger partial charge in [0.2, 0.25) is 0 Å². The molecule has 3 rings (SSSR count). The molecule has 5 heteroatoms. The number of hydrogen-bond donors (Lipinski definition) is 0. The van der Waals surface area contributed by atoms with Gasteiger partial charge < -0.3 is 14.4 Å². The van der Waals surface area contributed by atoms with Gasteiger partial charge in [-0.1, -0.05) is 6.42 Å². The Bertz CT molecular complexity index is 610. The van der Waals surface area contributed by atoms with Gasteiger partial charge in [0.15, 0.2) is 0 Å². The molecular formula is C17H25N3O2. The molecule has 2 aliphatic heterocycles. The Labute approximate surface area is 131 Å². The maximum absolute atomic E-state index is 12.8. The molecule has 1 aromatic heterocycles. The zero-order chi connectivity index (χ0) is 15.7. The monoisotopic (exact) mass is 303 g/mol. The molecule has 0 aromatic carbocycles. The number of carbonyl (C=O) groups is 1. The average Bonchev–Trinajstić information content (AvgIpc) is 2.74. The summed E-state index contributed by atoms with van der Waals surface area (Å²) < 4.78 is 1.61. The first-order chi connectivity index (χ1) is 10.6. The van der Waals surface area contributed by atoms with Crippen molar-refractivity contribution in [3.05, 3.63) is 34.2 Å². The van der Waals surface area contributed by atoms with Gasteiger partial charge in [-0.3, -0.25) is 9.59 Å². The molecular weight excluding hydrogens is 278 g/mol. The van der Waals surface area contributed by atoms with Crippen molar-refractivity contribution in [2.75, 3.05) is 26.7 Å². The topological polar surface area (TPSA) is 45.6 Å². The van der Waals surface area contributed by atoms with E-state index in [1.165, 1.54) is 18.9 Å². The fourth-order valence-electron chi connectivity index (χ4n) is 3.78. The van der Waals surface area contributed by atoms with Crippen molar-refractivity contribution in [3.8, 4) is 0 Å². The van der Waals surface area contributed by atoms with E-state index >= 15 is 0 Å². The fourth-order valence-corrected chi connectivity index (χ4v) is 3.78. The lowest BCUT2D eigenvalue weighted by atomic mass is 9.99. The number of pyridine rings is 1. The highest BCUT2D eigenvalue weighted by Gasteiger charge is 2.33. The third kappa shape index (κ3) is 2.95. The number of aromatic nitrogens is 1. The Hall–Kier alpha value is -1.62. The summed E-state index contributed by atoms with van der Waals surface area (Å²) in [4.78, 5) is 29.1. The minimum atomic E-state index is -0.0968. The van der Waals surface area contributed by atoms with E-state index in [0.717, 1.165) is 26.1 Å². The van der Waals surface area contributed by atoms with Crippen LogP contribution in [0, 0.1) is 5.92 Å². The second-order valence-corrected chi connectivity index (χ2v) is 6.64. The van der Waals surface area contributed by atoms with Crippen molar-refractivity contribution in [3.63, 3.8) is 0 Å². The van der Waals surface area contributed by atoms with Gasteiger partial charge in [-0.05, 0) is 38.8 Å². The third-order valence-corrected chi connectivity index (χ3v) is 5.10. The number of carbonyl (C=O) groups excluding carboxylic acids is 1. The van der Waals surface area contributed by atoms with Crippen LogP contribution in [0.5, 0.6) is 0 Å². The summed E-state index contributed by atoms with van der Waals surface area (Å²) in [5, 5.41) is 0. The first-order valence-corrected chi connectivity index (χ1v) is 8.28. The van der Waals surface area contributed by atoms with E-state index in [1.54, 1.807) is 16.8 Å². The predicted molar refractivity (Wildman–Crippen MR) is 86.0 cm³/mol. The molecule has 1 aromatic rings. The van der Waals surface area contributed by atoms with Gasteiger partial charge in [-0.25, -0.2) is 0 Å². The highest BCUT2D eigenvalue weighted by atomic mass is 16.2. The van der Waals surface area contributed by atoms with E-state index in [4.69, 9.17) is 0 Å². The number of aryl methyl sites for hydroxylation is 1. The van der Waals surface area contributed by atoms with Gasteiger partial charge in [0, 0.05) is 50.0 Å². The summed E-state index contributed by atoms with van der Waals surface area (Å²) in [5.74, 6) is 0.560. The van der Waals surface area contributed by atoms with Gasteiger partial charge >= 0.3 is 0 Å². The lowest BCUT2D eigenvalue weighted by Gasteiger charge is -2.29. The van der Waals surface area contributed by atoms with E-state index in [0.29, 0.717) is 24.1 Å². The molecule has 120 valence electrons. The number of likely N-dealkylation sites (tertiary alicyclic amines) is 1. The van der Waals surface area contributed by atoms with Crippen LogP contribution in [0.3, 0.4) is 0 Å². The van der Waals surface area contributed by atoms with Crippen molar-refractivity contribution in [1.82, 2.24) is 14.4 Å². The molecule has 0 spiro atoms. The summed E-state index contributed by atoms with van der Waals surface area (Å²) in [6, 6.07) is 3.71. The van der Waals surface area contributed by atoms with E-state index in [1.807, 2.05) is 11.8 Å². The zero-order valence-corrected chi connectivity index (χ0v) is 13.5. The van der Waals surface area contributed by atoms with Crippen LogP contribution in [0.2, 0.25) is 0 Å². The normalized spacial score (nSPS) is 25.8. The van der Waals surface area contributed by atoms with Crippen molar-refractivity contribution in [1.29, 1.82) is 0 Å². The van der Waals surface area contributed by atoms with Gasteiger partial charge in [-0.15, -0.1) is 0 Å². The van der Waals surface area contributed by atoms with Crippen LogP contribution in [0.1, 0.15) is 36.5 Å². The molecule has 0 unspecified atom stereocenters. The molecule has 5 nitrogen and oxygen atoms in total. The molecule has 0 radical (unpaired) electrons. The molecule has 0 saturated carbocycles. The highest BCUT2D eigenvalue weighted by molar-refractivity contribution is 5.94. The van der Waals surface area contributed by atoms with E-state index in [2.05, 4.69) is 11.9 Å². The number of fused-ring (bicyclic) bond motifs is 3. The van der Waals surface area contributed by atoms with E-state index in [9.17, 15) is 9.59 Å². The van der Waals surface area contributed by atoms with Crippen LogP contribution >= 0.6 is 0 Å². The molecule has 2 bridgehead atoms. The second kappa shape index (κ2) is 6.24. The maximum Gasteiger partial charge on any atom is 0.254 e. The largest absolute Gasteiger partial charge is 0.337 e. The van der Waals surface area contributed by atoms with Gasteiger partial charge in [0.05, 0.1) is 0 Å². The van der Waals surface area contributed by atoms with Crippen LogP contribution in [-0.4, -0.2) is 53.0 Å². The fraction of sp³-hybridized carbons (Fsp3) is 0.647. The minimum Gasteiger partial charge on any atom is -0.337 e. The molecule has 0 N–H and O–H groups in total. The molecule has 2 fully saturated rings. The third-order valence-electron chi connectivity index (χ3n) is 5.10. The summed E-state index contributed by atoms with van der Waals surface area (Å²) in [6.45, 7) is 5.23. The number of likely N-dealkylation sites (N-methyl/N-ethyl adjacent to an activating group) is 1. The Kier molecular flexibility index (Phi) is 4.34. The maximum atomic E-state index is 12.8. The smallest absolute Gasteiger partial charge is 0.254 e. The summed E-state index contributed by atoms with van der Waals surface area (Å²) >= 11 is 0. The van der Waals surface area contributed by atoms with Crippen molar-refractivity contribution < 1.29 is 4.79 Å². The summed E-state index contributed by atoms with van der Waals surface area (Å²) in [5.41, 5.74) is 0.429. The molecule has 3 heterocycles. The SMILES string of the molecule is CCn1ccc(C(=O)N2C[C@H]3CCC[C@@H](C2)N(C)C3)cc1=O. The van der Waals surface area contributed by atoms with Crippen molar-refractivity contribution in [2.45, 2.75) is 38.8 Å². The molecule has 22 heavy (non-hydrogen) atoms. The standard InChI is InChI=1S/C17H25N3O2/c1-3-19-8-7-14(9-16(19)21)17(22)20-11-13-5-4-6-15(12-20)18(2)10-13/h7-9,13,15H,3-6,10-12H2,1-2H3/t13-,15-/m0/s1. The number of rotatable bonds is 2.